The number of rotatable bonds is 84. The molecule has 0 aromatic heterocycles. The van der Waals surface area contributed by atoms with Crippen molar-refractivity contribution in [2.45, 2.75) is 240 Å². The van der Waals surface area contributed by atoms with E-state index in [1.807, 2.05) is 55.4 Å². The maximum absolute atomic E-state index is 13.7. The van der Waals surface area contributed by atoms with E-state index in [0.717, 1.165) is 0 Å². The maximum Gasteiger partial charge on any atom is 0.318 e. The van der Waals surface area contributed by atoms with Gasteiger partial charge in [-0.1, -0.05) is 27.7 Å². The van der Waals surface area contributed by atoms with E-state index in [9.17, 15) is 67.1 Å². The van der Waals surface area contributed by atoms with Crippen LogP contribution in [0, 0.1) is 65.0 Å². The molecule has 0 amide bonds. The van der Waals surface area contributed by atoms with Crippen LogP contribution < -0.4 is 0 Å². The first-order valence-electron chi connectivity index (χ1n) is 51.7. The van der Waals surface area contributed by atoms with Crippen LogP contribution in [0.2, 0.25) is 0 Å². The third kappa shape index (κ3) is 60.4. The Balaban J connectivity index is -0.000000683. The van der Waals surface area contributed by atoms with Crippen LogP contribution in [-0.2, 0) is 200 Å². The van der Waals surface area contributed by atoms with Crippen LogP contribution in [0.15, 0.2) is 0 Å². The highest BCUT2D eigenvalue weighted by Crippen LogP contribution is 2.34. The molecule has 4 atom stereocenters. The van der Waals surface area contributed by atoms with Crippen molar-refractivity contribution >= 4 is 83.6 Å². The highest BCUT2D eigenvalue weighted by Gasteiger charge is 2.49. The first kappa shape index (κ1) is 149. The van der Waals surface area contributed by atoms with E-state index in [4.69, 9.17) is 133 Å². The standard InChI is InChI=1S/C40H72O16.C39H70O16.2C9H18O4.C8H14O4/c1-13-36(8,28-54-33(43)37(9,22-46-14-2)23-47-15-3)31(41)52-20-21-53-32(42)40(12,29-55-34(44)38(10,24-48-16-4)25-49-17-5)30-56-35(45)39(11,26-50-18-6)27-51-19-7;1-13-35(7,27-53-33(43)37(9,23-47-15-3)24-48-16-4)30(40)51-19-20-52-31(41)39(11,28-54-32(42)36(8,21-45-12)22-46-14-2)29-55-34(44)38(10,25-49-17-5)26-50-18-6;2*1-4-12-6-9(3,8(10)11)7-13-5-2;1-3-7(9)11-5-6-12-8(10)4-2/h13-30H2,1-12H3;13-29H2,1-12H3;2*4-7H2,1-3H3,(H,10,11);3-6H2,1-2H3. The van der Waals surface area contributed by atoms with E-state index in [1.165, 1.54) is 21.0 Å². The normalized spacial score (nSPS) is 13.4. The molecule has 0 bridgehead atoms. The minimum atomic E-state index is -1.69. The molecule has 2 N–H and O–H groups in total. The average molecular weight is 2160 g/mol. The summed E-state index contributed by atoms with van der Waals surface area (Å²) < 4.78 is 151. The van der Waals surface area contributed by atoms with Crippen LogP contribution in [0.5, 0.6) is 0 Å². The number of hydrogen-bond acceptors (Lipinski definition) is 42. The van der Waals surface area contributed by atoms with Gasteiger partial charge >= 0.3 is 83.6 Å². The first-order valence-corrected chi connectivity index (χ1v) is 51.7. The van der Waals surface area contributed by atoms with Gasteiger partial charge in [0.2, 0.25) is 0 Å². The summed E-state index contributed by atoms with van der Waals surface area (Å²) in [6.07, 6.45) is 1.25. The van der Waals surface area contributed by atoms with Gasteiger partial charge < -0.3 is 143 Å². The van der Waals surface area contributed by atoms with Crippen LogP contribution in [0.25, 0.3) is 0 Å². The molecular formula is C105H192O44. The van der Waals surface area contributed by atoms with Gasteiger partial charge in [-0.05, 0) is 200 Å². The third-order valence-electron chi connectivity index (χ3n) is 22.8. The molecule has 0 heterocycles. The van der Waals surface area contributed by atoms with Crippen LogP contribution in [0.1, 0.15) is 240 Å². The fourth-order valence-electron chi connectivity index (χ4n) is 11.6. The van der Waals surface area contributed by atoms with Crippen molar-refractivity contribution in [3.8, 4) is 0 Å². The predicted molar refractivity (Wildman–Crippen MR) is 544 cm³/mol. The summed E-state index contributed by atoms with van der Waals surface area (Å²) in [6, 6.07) is 0. The quantitative estimate of drug-likeness (QED) is 0.0324. The lowest BCUT2D eigenvalue weighted by Gasteiger charge is -2.32. The molecule has 0 saturated heterocycles. The lowest BCUT2D eigenvalue weighted by Crippen LogP contribution is -2.46. The topological polar surface area (TPSA) is 538 Å². The van der Waals surface area contributed by atoms with Crippen LogP contribution in [0.3, 0.4) is 0 Å². The number of ether oxygens (including phenoxy) is 28. The van der Waals surface area contributed by atoms with E-state index in [1.54, 1.807) is 145 Å². The molecule has 0 radical (unpaired) electrons. The van der Waals surface area contributed by atoms with Crippen LogP contribution >= 0.6 is 0 Å². The Bertz CT molecular complexity index is 3530. The molecule has 4 unspecified atom stereocenters. The van der Waals surface area contributed by atoms with Crippen molar-refractivity contribution in [2.24, 2.45) is 65.0 Å². The van der Waals surface area contributed by atoms with Crippen LogP contribution in [-0.4, -0.2) is 385 Å². The Morgan fingerprint density at radius 3 is 0.416 bits per heavy atom. The van der Waals surface area contributed by atoms with E-state index in [0.29, 0.717) is 112 Å². The highest BCUT2D eigenvalue weighted by molar-refractivity contribution is 5.84. The Labute approximate surface area is 886 Å². The van der Waals surface area contributed by atoms with Gasteiger partial charge in [0.25, 0.3) is 0 Å². The second-order valence-corrected chi connectivity index (χ2v) is 38.2. The molecule has 0 aromatic rings. The highest BCUT2D eigenvalue weighted by atomic mass is 16.6. The van der Waals surface area contributed by atoms with Crippen molar-refractivity contribution in [2.75, 3.05) is 291 Å². The molecular weight excluding hydrogens is 1970 g/mol. The summed E-state index contributed by atoms with van der Waals surface area (Å²) >= 11 is 0. The molecule has 0 saturated carbocycles. The Morgan fingerprint density at radius 2 is 0.282 bits per heavy atom. The molecule has 0 fully saturated rings. The summed E-state index contributed by atoms with van der Waals surface area (Å²) in [7, 11) is 1.44. The van der Waals surface area contributed by atoms with E-state index in [2.05, 4.69) is 9.47 Å². The minimum Gasteiger partial charge on any atom is -0.481 e. The van der Waals surface area contributed by atoms with Gasteiger partial charge in [-0.15, -0.1) is 0 Å². The van der Waals surface area contributed by atoms with E-state index < -0.39 is 163 Å². The number of aliphatic carboxylic acids is 2. The molecule has 0 spiro atoms. The van der Waals surface area contributed by atoms with Gasteiger partial charge in [-0.25, -0.2) is 0 Å². The molecule has 0 aliphatic rings. The number of methoxy groups -OCH3 is 1. The average Bonchev–Trinajstić information content (AvgIpc) is 0.827. The van der Waals surface area contributed by atoms with Crippen molar-refractivity contribution in [3.05, 3.63) is 0 Å². The molecule has 149 heavy (non-hydrogen) atoms. The fraction of sp³-hybridized carbons (Fsp3) is 0.867. The lowest BCUT2D eigenvalue weighted by atomic mass is 9.88. The van der Waals surface area contributed by atoms with E-state index >= 15 is 0 Å². The van der Waals surface area contributed by atoms with Crippen LogP contribution in [0.4, 0.5) is 0 Å². The Morgan fingerprint density at radius 1 is 0.161 bits per heavy atom. The number of carbonyl (C=O) groups is 14. The predicted octanol–water partition coefficient (Wildman–Crippen LogP) is 11.5. The molecule has 0 aromatic carbocycles. The lowest BCUT2D eigenvalue weighted by molar-refractivity contribution is -0.184. The summed E-state index contributed by atoms with van der Waals surface area (Å²) in [6.45, 7) is 56.7. The molecule has 44 nitrogen and oxygen atoms in total. The third-order valence-corrected chi connectivity index (χ3v) is 22.8. The van der Waals surface area contributed by atoms with E-state index in [-0.39, 0.29) is 183 Å². The summed E-state index contributed by atoms with van der Waals surface area (Å²) in [5.74, 6) is -9.33. The Kier molecular flexibility index (Phi) is 82.7. The first-order chi connectivity index (χ1) is 70.0. The van der Waals surface area contributed by atoms with Crippen molar-refractivity contribution in [1.82, 2.24) is 0 Å². The molecule has 876 valence electrons. The summed E-state index contributed by atoms with van der Waals surface area (Å²) in [5.41, 5.74) is -14.6. The molecule has 0 aliphatic carbocycles. The second-order valence-electron chi connectivity index (χ2n) is 38.2. The summed E-state index contributed by atoms with van der Waals surface area (Å²) in [5, 5.41) is 17.9. The number of esters is 12. The van der Waals surface area contributed by atoms with Gasteiger partial charge in [0, 0.05) is 119 Å². The number of carboxylic acid groups (broad SMARTS) is 2. The van der Waals surface area contributed by atoms with Gasteiger partial charge in [0.05, 0.1) is 117 Å². The SMILES string of the molecule is CCC(=O)OCCOC(=O)CC.CCOCC(C)(COC)C(=O)OCC(C)(COC(=O)C(C)(COCC)COCC)C(=O)OCCOC(=O)C(C)(CC)COC(=O)C(C)(COCC)COCC.CCOCC(C)(COCC)C(=O)O.CCOCC(C)(COCC)C(=O)O.CCOCC(C)(COCC)C(=O)OCC(C)(CC)C(=O)OCCOC(=O)C(C)(COC(=O)C(C)(COCC)COCC)COC(=O)C(C)(COCC)COCC. The minimum absolute atomic E-state index is 0.000636. The second kappa shape index (κ2) is 82.5. The number of hydrogen-bond donors (Lipinski definition) is 2. The molecule has 0 rings (SSSR count). The Hall–Kier alpha value is -8.06. The van der Waals surface area contributed by atoms with Gasteiger partial charge in [-0.3, -0.25) is 67.1 Å². The number of carbonyl (C=O) groups excluding carboxylic acids is 12. The van der Waals surface area contributed by atoms with Gasteiger partial charge in [-0.2, -0.15) is 0 Å². The largest absolute Gasteiger partial charge is 0.481 e. The van der Waals surface area contributed by atoms with Gasteiger partial charge in [0.1, 0.15) is 133 Å². The summed E-state index contributed by atoms with van der Waals surface area (Å²) in [4.78, 5) is 176. The molecule has 44 heteroatoms. The zero-order valence-corrected chi connectivity index (χ0v) is 96.3. The fourth-order valence-corrected chi connectivity index (χ4v) is 11.6. The smallest absolute Gasteiger partial charge is 0.318 e. The monoisotopic (exact) mass is 2160 g/mol. The molecule has 0 aliphatic heterocycles. The zero-order valence-electron chi connectivity index (χ0n) is 96.3. The van der Waals surface area contributed by atoms with Gasteiger partial charge in [0.15, 0.2) is 0 Å². The van der Waals surface area contributed by atoms with Crippen molar-refractivity contribution in [3.63, 3.8) is 0 Å². The van der Waals surface area contributed by atoms with Crippen molar-refractivity contribution < 1.29 is 210 Å². The zero-order chi connectivity index (χ0) is 115. The van der Waals surface area contributed by atoms with Crippen molar-refractivity contribution in [1.29, 1.82) is 0 Å². The maximum atomic E-state index is 13.7. The number of carboxylic acids is 2.